The molecule has 0 bridgehead atoms. The summed E-state index contributed by atoms with van der Waals surface area (Å²) in [6, 6.07) is 10.9. The van der Waals surface area contributed by atoms with Gasteiger partial charge in [0, 0.05) is 14.4 Å². The molecule has 4 heteroatoms. The Balaban J connectivity index is 1.88. The van der Waals surface area contributed by atoms with Gasteiger partial charge in [-0.25, -0.2) is 4.39 Å². The van der Waals surface area contributed by atoms with E-state index in [4.69, 9.17) is 0 Å². The van der Waals surface area contributed by atoms with Crippen molar-refractivity contribution in [3.05, 3.63) is 41.5 Å². The lowest BCUT2D eigenvalue weighted by Crippen LogP contribution is -2.20. The zero-order valence-electron chi connectivity index (χ0n) is 13.3. The van der Waals surface area contributed by atoms with Crippen LogP contribution in [0.2, 0.25) is 18.1 Å². The molecule has 122 valence electrons. The Morgan fingerprint density at radius 2 is 1.68 bits per heavy atom. The van der Waals surface area contributed by atoms with Gasteiger partial charge in [0.25, 0.3) is 0 Å². The Hall–Kier alpha value is -1.03. The van der Waals surface area contributed by atoms with Crippen molar-refractivity contribution in [3.8, 4) is 0 Å². The fraction of sp³-hybridized carbons (Fsp3) is 0.556. The minimum absolute atomic E-state index is 0.0219. The highest BCUT2D eigenvalue weighted by atomic mass is 28.3. The second-order valence-corrected chi connectivity index (χ2v) is 9.87. The minimum atomic E-state index is -2.24. The Morgan fingerprint density at radius 1 is 1.05 bits per heavy atom. The topological polar surface area (TPSA) is 0 Å². The first-order valence-electron chi connectivity index (χ1n) is 8.43. The fourth-order valence-electron chi connectivity index (χ4n) is 3.48. The molecule has 22 heavy (non-hydrogen) atoms. The maximum atomic E-state index is 13.2. The van der Waals surface area contributed by atoms with Crippen LogP contribution in [-0.4, -0.2) is 8.80 Å². The molecule has 1 heterocycles. The third-order valence-electron chi connectivity index (χ3n) is 4.86. The van der Waals surface area contributed by atoms with Crippen molar-refractivity contribution in [2.24, 2.45) is 0 Å². The predicted molar refractivity (Wildman–Crippen MR) is 89.8 cm³/mol. The van der Waals surface area contributed by atoms with E-state index in [2.05, 4.69) is 6.92 Å². The maximum Gasteiger partial charge on any atom is 0.306 e. The number of rotatable bonds is 6. The van der Waals surface area contributed by atoms with E-state index in [-0.39, 0.29) is 5.56 Å². The van der Waals surface area contributed by atoms with Crippen molar-refractivity contribution < 1.29 is 13.2 Å². The van der Waals surface area contributed by atoms with Gasteiger partial charge in [-0.1, -0.05) is 68.6 Å². The van der Waals surface area contributed by atoms with Crippen LogP contribution in [0.5, 0.6) is 0 Å². The maximum absolute atomic E-state index is 13.2. The Labute approximate surface area is 133 Å². The third-order valence-corrected chi connectivity index (χ3v) is 8.39. The molecule has 1 fully saturated rings. The molecule has 0 aliphatic carbocycles. The van der Waals surface area contributed by atoms with Gasteiger partial charge < -0.3 is 0 Å². The second-order valence-electron chi connectivity index (χ2n) is 6.41. The van der Waals surface area contributed by atoms with E-state index in [1.165, 1.54) is 67.9 Å². The zero-order valence-corrected chi connectivity index (χ0v) is 14.4. The third kappa shape index (κ3) is 4.73. The largest absolute Gasteiger partial charge is 0.306 e. The van der Waals surface area contributed by atoms with E-state index >= 15 is 0 Å². The van der Waals surface area contributed by atoms with Crippen molar-refractivity contribution in [3.63, 3.8) is 0 Å². The molecule has 0 saturated carbocycles. The van der Waals surface area contributed by atoms with Crippen LogP contribution in [0, 0.1) is 0 Å². The molecule has 0 atom stereocenters. The lowest BCUT2D eigenvalue weighted by atomic mass is 9.92. The number of hydrogen-bond acceptors (Lipinski definition) is 0. The summed E-state index contributed by atoms with van der Waals surface area (Å²) in [5.41, 5.74) is 1.16. The minimum Gasteiger partial charge on any atom is -0.200 e. The van der Waals surface area contributed by atoms with Gasteiger partial charge in [0.15, 0.2) is 5.83 Å². The summed E-state index contributed by atoms with van der Waals surface area (Å²) in [6.07, 6.45) is 4.24. The molecular weight excluding hydrogens is 301 g/mol. The SMILES string of the molecule is CCCCC[SiH]1CCC(c2ccc(C(F)=C(F)F)cc2)CC1. The smallest absolute Gasteiger partial charge is 0.200 e. The van der Waals surface area contributed by atoms with Gasteiger partial charge in [-0.2, -0.15) is 8.78 Å². The highest BCUT2D eigenvalue weighted by Crippen LogP contribution is 2.35. The number of unbranched alkanes of at least 4 members (excludes halogenated alkanes) is 2. The van der Waals surface area contributed by atoms with Gasteiger partial charge in [-0.3, -0.25) is 0 Å². The van der Waals surface area contributed by atoms with Crippen molar-refractivity contribution in [2.45, 2.75) is 63.1 Å². The van der Waals surface area contributed by atoms with Gasteiger partial charge in [0.2, 0.25) is 0 Å². The van der Waals surface area contributed by atoms with Gasteiger partial charge in [-0.15, -0.1) is 0 Å². The molecule has 0 spiro atoms. The highest BCUT2D eigenvalue weighted by Gasteiger charge is 2.23. The monoisotopic (exact) mass is 326 g/mol. The van der Waals surface area contributed by atoms with Crippen molar-refractivity contribution in [2.75, 3.05) is 0 Å². The van der Waals surface area contributed by atoms with Gasteiger partial charge in [0.05, 0.1) is 0 Å². The van der Waals surface area contributed by atoms with Crippen LogP contribution in [0.25, 0.3) is 5.83 Å². The summed E-state index contributed by atoms with van der Waals surface area (Å²) in [7, 11) is -0.526. The van der Waals surface area contributed by atoms with Crippen molar-refractivity contribution >= 4 is 14.6 Å². The van der Waals surface area contributed by atoms with E-state index < -0.39 is 20.7 Å². The lowest BCUT2D eigenvalue weighted by molar-refractivity contribution is 0.410. The van der Waals surface area contributed by atoms with E-state index in [0.717, 1.165) is 0 Å². The van der Waals surface area contributed by atoms with E-state index in [9.17, 15) is 13.2 Å². The van der Waals surface area contributed by atoms with Gasteiger partial charge in [-0.05, 0) is 24.3 Å². The van der Waals surface area contributed by atoms with E-state index in [1.54, 1.807) is 0 Å². The molecule has 1 aromatic rings. The average molecular weight is 326 g/mol. The molecule has 0 aromatic heterocycles. The van der Waals surface area contributed by atoms with Crippen LogP contribution < -0.4 is 0 Å². The molecule has 1 saturated heterocycles. The summed E-state index contributed by atoms with van der Waals surface area (Å²) in [5, 5.41) is 0. The number of benzene rings is 1. The van der Waals surface area contributed by atoms with E-state index in [0.29, 0.717) is 5.92 Å². The normalized spacial score (nSPS) is 21.6. The van der Waals surface area contributed by atoms with Gasteiger partial charge >= 0.3 is 6.08 Å². The van der Waals surface area contributed by atoms with Crippen LogP contribution >= 0.6 is 0 Å². The summed E-state index contributed by atoms with van der Waals surface area (Å²) < 4.78 is 37.7. The van der Waals surface area contributed by atoms with Crippen LogP contribution in [0.1, 0.15) is 56.1 Å². The van der Waals surface area contributed by atoms with Gasteiger partial charge in [0.1, 0.15) is 0 Å². The first-order valence-corrected chi connectivity index (χ1v) is 10.9. The molecule has 0 nitrogen and oxygen atoms in total. The predicted octanol–water partition coefficient (Wildman–Crippen LogP) is 6.52. The van der Waals surface area contributed by atoms with E-state index in [1.807, 2.05) is 12.1 Å². The first kappa shape index (κ1) is 17.3. The molecule has 1 aliphatic heterocycles. The Morgan fingerprint density at radius 3 is 2.23 bits per heavy atom. The van der Waals surface area contributed by atoms with Crippen molar-refractivity contribution in [1.29, 1.82) is 0 Å². The summed E-state index contributed by atoms with van der Waals surface area (Å²) in [6.45, 7) is 2.24. The molecule has 0 unspecified atom stereocenters. The van der Waals surface area contributed by atoms with Crippen molar-refractivity contribution in [1.82, 2.24) is 0 Å². The second kappa shape index (κ2) is 8.56. The molecule has 0 radical (unpaired) electrons. The number of halogens is 3. The summed E-state index contributed by atoms with van der Waals surface area (Å²) in [4.78, 5) is 0. The average Bonchev–Trinajstić information content (AvgIpc) is 2.55. The fourth-order valence-corrected chi connectivity index (χ4v) is 6.96. The quantitative estimate of drug-likeness (QED) is 0.412. The van der Waals surface area contributed by atoms with Crippen LogP contribution in [0.4, 0.5) is 13.2 Å². The molecular formula is C18H25F3Si. The first-order chi connectivity index (χ1) is 10.6. The standard InChI is InChI=1S/C18H25F3Si/c1-2-3-4-11-22-12-9-15(10-13-22)14-5-7-16(8-6-14)17(19)18(20)21/h5-8,15,22H,2-4,9-13H2,1H3. The van der Waals surface area contributed by atoms with Crippen LogP contribution in [0.15, 0.2) is 30.3 Å². The molecule has 1 aliphatic rings. The highest BCUT2D eigenvalue weighted by molar-refractivity contribution is 6.59. The number of hydrogen-bond donors (Lipinski definition) is 0. The molecule has 0 N–H and O–H groups in total. The van der Waals surface area contributed by atoms with Crippen LogP contribution in [0.3, 0.4) is 0 Å². The molecule has 1 aromatic carbocycles. The Kier molecular flexibility index (Phi) is 6.74. The summed E-state index contributed by atoms with van der Waals surface area (Å²) >= 11 is 0. The zero-order chi connectivity index (χ0) is 15.9. The summed E-state index contributed by atoms with van der Waals surface area (Å²) in [5.74, 6) is -0.871. The lowest BCUT2D eigenvalue weighted by Gasteiger charge is -2.28. The Bertz CT molecular complexity index is 484. The van der Waals surface area contributed by atoms with Crippen LogP contribution in [-0.2, 0) is 0 Å². The molecule has 2 rings (SSSR count). The molecule has 0 amide bonds.